The van der Waals surface area contributed by atoms with Crippen LogP contribution < -0.4 is 9.47 Å². The number of carbonyl (C=O) groups excluding carboxylic acids is 2. The minimum Gasteiger partial charge on any atom is -0.493 e. The molecule has 0 atom stereocenters. The van der Waals surface area contributed by atoms with Crippen LogP contribution in [0.2, 0.25) is 0 Å². The molecule has 0 aliphatic carbocycles. The number of hydrogen-bond acceptors (Lipinski definition) is 5. The fourth-order valence-corrected chi connectivity index (χ4v) is 4.22. The zero-order valence-electron chi connectivity index (χ0n) is 18.0. The summed E-state index contributed by atoms with van der Waals surface area (Å²) in [6.07, 6.45) is 3.23. The van der Waals surface area contributed by atoms with E-state index in [1.807, 2.05) is 0 Å². The fraction of sp³-hybridized carbons (Fsp3) is 0.115. The molecule has 1 aromatic heterocycles. The summed E-state index contributed by atoms with van der Waals surface area (Å²) in [6.45, 7) is 0.126. The Labute approximate surface area is 189 Å². The minimum absolute atomic E-state index is 0.126. The Hall–Kier alpha value is -4.26. The molecule has 0 bridgehead atoms. The van der Waals surface area contributed by atoms with Crippen molar-refractivity contribution in [3.8, 4) is 22.6 Å². The molecule has 6 nitrogen and oxygen atoms in total. The number of halogens is 1. The highest BCUT2D eigenvalue weighted by Crippen LogP contribution is 2.43. The molecule has 0 saturated carbocycles. The maximum Gasteiger partial charge on any atom is 0.262 e. The number of benzene rings is 3. The number of amides is 2. The van der Waals surface area contributed by atoms with Gasteiger partial charge >= 0.3 is 0 Å². The van der Waals surface area contributed by atoms with E-state index in [2.05, 4.69) is 4.98 Å². The molecule has 33 heavy (non-hydrogen) atoms. The summed E-state index contributed by atoms with van der Waals surface area (Å²) in [5.74, 6) is -0.189. The Morgan fingerprint density at radius 2 is 1.52 bits per heavy atom. The predicted octanol–water partition coefficient (Wildman–Crippen LogP) is 4.85. The van der Waals surface area contributed by atoms with Gasteiger partial charge in [-0.2, -0.15) is 0 Å². The molecular weight excluding hydrogens is 423 g/mol. The van der Waals surface area contributed by atoms with E-state index >= 15 is 0 Å². The van der Waals surface area contributed by atoms with Crippen LogP contribution in [0.3, 0.4) is 0 Å². The first-order valence-electron chi connectivity index (χ1n) is 10.3. The van der Waals surface area contributed by atoms with Crippen molar-refractivity contribution < 1.29 is 23.5 Å². The smallest absolute Gasteiger partial charge is 0.262 e. The number of aromatic nitrogens is 1. The van der Waals surface area contributed by atoms with Gasteiger partial charge in [0.05, 0.1) is 31.9 Å². The number of nitrogens with zero attached hydrogens (tertiary/aromatic N) is 2. The van der Waals surface area contributed by atoms with Crippen LogP contribution in [-0.2, 0) is 6.54 Å². The average molecular weight is 442 g/mol. The predicted molar refractivity (Wildman–Crippen MR) is 121 cm³/mol. The molecule has 1 aliphatic rings. The Morgan fingerprint density at radius 3 is 2.18 bits per heavy atom. The number of imide groups is 1. The Balaban J connectivity index is 1.77. The van der Waals surface area contributed by atoms with Gasteiger partial charge in [-0.3, -0.25) is 19.5 Å². The first kappa shape index (κ1) is 20.6. The van der Waals surface area contributed by atoms with Crippen LogP contribution in [0.15, 0.2) is 67.0 Å². The third kappa shape index (κ3) is 3.38. The Kier molecular flexibility index (Phi) is 5.01. The number of fused-ring (bicyclic) bond motifs is 2. The molecular formula is C26H19FN2O4. The summed E-state index contributed by atoms with van der Waals surface area (Å²) in [4.78, 5) is 32.1. The summed E-state index contributed by atoms with van der Waals surface area (Å²) in [5.41, 5.74) is 2.56. The number of pyridine rings is 1. The molecule has 0 unspecified atom stereocenters. The van der Waals surface area contributed by atoms with E-state index in [-0.39, 0.29) is 12.5 Å². The first-order valence-corrected chi connectivity index (χ1v) is 10.3. The van der Waals surface area contributed by atoms with Crippen molar-refractivity contribution in [3.63, 3.8) is 0 Å². The highest BCUT2D eigenvalue weighted by molar-refractivity contribution is 6.27. The van der Waals surface area contributed by atoms with E-state index in [0.717, 1.165) is 5.56 Å². The normalized spacial score (nSPS) is 12.9. The van der Waals surface area contributed by atoms with Crippen molar-refractivity contribution in [1.82, 2.24) is 9.88 Å². The second-order valence-electron chi connectivity index (χ2n) is 7.66. The van der Waals surface area contributed by atoms with Gasteiger partial charge in [0.25, 0.3) is 11.8 Å². The number of methoxy groups -OCH3 is 2. The molecule has 7 heteroatoms. The number of rotatable bonds is 5. The molecule has 0 spiro atoms. The number of carbonyl (C=O) groups is 2. The topological polar surface area (TPSA) is 68.7 Å². The SMILES string of the molecule is COc1cc2cc3c(c(-c4ccc(F)cc4)c2cc1OC)C(=O)N(Cc1ccncc1)C3=O. The van der Waals surface area contributed by atoms with Crippen molar-refractivity contribution >= 4 is 22.6 Å². The Morgan fingerprint density at radius 1 is 0.848 bits per heavy atom. The summed E-state index contributed by atoms with van der Waals surface area (Å²) >= 11 is 0. The molecule has 0 saturated heterocycles. The van der Waals surface area contributed by atoms with Crippen LogP contribution in [0.5, 0.6) is 11.5 Å². The van der Waals surface area contributed by atoms with E-state index in [9.17, 15) is 14.0 Å². The van der Waals surface area contributed by atoms with Gasteiger partial charge < -0.3 is 9.47 Å². The van der Waals surface area contributed by atoms with E-state index in [4.69, 9.17) is 9.47 Å². The monoisotopic (exact) mass is 442 g/mol. The van der Waals surface area contributed by atoms with Gasteiger partial charge in [0.1, 0.15) is 5.82 Å². The quantitative estimate of drug-likeness (QED) is 0.413. The van der Waals surface area contributed by atoms with E-state index in [1.165, 1.54) is 31.3 Å². The summed E-state index contributed by atoms with van der Waals surface area (Å²) in [5, 5.41) is 1.41. The molecule has 5 rings (SSSR count). The lowest BCUT2D eigenvalue weighted by Gasteiger charge is -2.15. The molecule has 2 amide bonds. The van der Waals surface area contributed by atoms with Gasteiger partial charge in [0.2, 0.25) is 0 Å². The van der Waals surface area contributed by atoms with Gasteiger partial charge in [-0.25, -0.2) is 4.39 Å². The third-order valence-electron chi connectivity index (χ3n) is 5.80. The second kappa shape index (κ2) is 8.02. The zero-order chi connectivity index (χ0) is 23.1. The maximum atomic E-state index is 13.7. The summed E-state index contributed by atoms with van der Waals surface area (Å²) in [7, 11) is 3.06. The van der Waals surface area contributed by atoms with Crippen LogP contribution in [0.4, 0.5) is 4.39 Å². The zero-order valence-corrected chi connectivity index (χ0v) is 18.0. The number of hydrogen-bond donors (Lipinski definition) is 0. The van der Waals surface area contributed by atoms with E-state index < -0.39 is 11.7 Å². The van der Waals surface area contributed by atoms with Crippen LogP contribution in [0, 0.1) is 5.82 Å². The van der Waals surface area contributed by atoms with Crippen molar-refractivity contribution in [2.45, 2.75) is 6.54 Å². The van der Waals surface area contributed by atoms with Crippen LogP contribution in [-0.4, -0.2) is 35.9 Å². The highest BCUT2D eigenvalue weighted by Gasteiger charge is 2.39. The van der Waals surface area contributed by atoms with Gasteiger partial charge in [-0.05, 0) is 64.4 Å². The lowest BCUT2D eigenvalue weighted by Crippen LogP contribution is -2.29. The largest absolute Gasteiger partial charge is 0.493 e. The van der Waals surface area contributed by atoms with E-state index in [1.54, 1.807) is 54.9 Å². The van der Waals surface area contributed by atoms with Gasteiger partial charge in [0.15, 0.2) is 11.5 Å². The van der Waals surface area contributed by atoms with Crippen molar-refractivity contribution in [1.29, 1.82) is 0 Å². The molecule has 2 heterocycles. The fourth-order valence-electron chi connectivity index (χ4n) is 4.22. The van der Waals surface area contributed by atoms with Crippen LogP contribution in [0.25, 0.3) is 21.9 Å². The lowest BCUT2D eigenvalue weighted by molar-refractivity contribution is 0.0642. The summed E-state index contributed by atoms with van der Waals surface area (Å²) < 4.78 is 24.6. The van der Waals surface area contributed by atoms with Crippen LogP contribution in [0.1, 0.15) is 26.3 Å². The molecule has 1 aliphatic heterocycles. The lowest BCUT2D eigenvalue weighted by atomic mass is 9.90. The van der Waals surface area contributed by atoms with Gasteiger partial charge in [-0.1, -0.05) is 12.1 Å². The number of ether oxygens (including phenoxy) is 2. The second-order valence-corrected chi connectivity index (χ2v) is 7.66. The molecule has 164 valence electrons. The highest BCUT2D eigenvalue weighted by atomic mass is 19.1. The molecule has 0 N–H and O–H groups in total. The third-order valence-corrected chi connectivity index (χ3v) is 5.80. The molecule has 0 fully saturated rings. The first-order chi connectivity index (χ1) is 16.0. The molecule has 3 aromatic carbocycles. The van der Waals surface area contributed by atoms with Crippen molar-refractivity contribution in [2.75, 3.05) is 14.2 Å². The van der Waals surface area contributed by atoms with Crippen molar-refractivity contribution in [2.24, 2.45) is 0 Å². The molecule has 0 radical (unpaired) electrons. The van der Waals surface area contributed by atoms with Crippen molar-refractivity contribution in [3.05, 3.63) is 89.5 Å². The average Bonchev–Trinajstić information content (AvgIpc) is 3.07. The maximum absolute atomic E-state index is 13.7. The van der Waals surface area contributed by atoms with Gasteiger partial charge in [0, 0.05) is 18.0 Å². The van der Waals surface area contributed by atoms with Gasteiger partial charge in [-0.15, -0.1) is 0 Å². The Bertz CT molecular complexity index is 1400. The summed E-state index contributed by atoms with van der Waals surface area (Å²) in [6, 6.07) is 14.6. The van der Waals surface area contributed by atoms with E-state index in [0.29, 0.717) is 44.5 Å². The standard InChI is InChI=1S/C26H19FN2O4/c1-32-21-12-17-11-20-24(26(31)29(25(20)30)14-15-7-9-28-10-8-15)23(19(17)13-22(21)33-2)16-3-5-18(27)6-4-16/h3-13H,14H2,1-2H3. The van der Waals surface area contributed by atoms with Crippen LogP contribution >= 0.6 is 0 Å². The molecule has 4 aromatic rings. The minimum atomic E-state index is -0.400.